The second kappa shape index (κ2) is 7.45. The molecule has 1 spiro atoms. The Morgan fingerprint density at radius 2 is 1.61 bits per heavy atom. The highest BCUT2D eigenvalue weighted by Gasteiger charge is 2.56. The summed E-state index contributed by atoms with van der Waals surface area (Å²) >= 11 is 0. The van der Waals surface area contributed by atoms with Gasteiger partial charge in [-0.25, -0.2) is 4.79 Å². The fraction of sp³-hybridized carbons (Fsp3) is 0.571. The topological polar surface area (TPSA) is 64.2 Å². The first-order valence-corrected chi connectivity index (χ1v) is 10.2. The van der Waals surface area contributed by atoms with Crippen molar-refractivity contribution in [3.8, 4) is 0 Å². The fourth-order valence-corrected chi connectivity index (χ4v) is 4.76. The quantitative estimate of drug-likeness (QED) is 0.747. The lowest BCUT2D eigenvalue weighted by Crippen LogP contribution is -2.52. The van der Waals surface area contributed by atoms with Crippen molar-refractivity contribution in [3.05, 3.63) is 30.3 Å². The van der Waals surface area contributed by atoms with Crippen LogP contribution in [0, 0.1) is 0 Å². The van der Waals surface area contributed by atoms with Crippen molar-refractivity contribution in [2.75, 3.05) is 44.7 Å². The molecular formula is C21H28N4O3. The Balaban J connectivity index is 1.38. The second-order valence-corrected chi connectivity index (χ2v) is 8.03. The predicted molar refractivity (Wildman–Crippen MR) is 106 cm³/mol. The Labute approximate surface area is 165 Å². The zero-order valence-electron chi connectivity index (χ0n) is 16.5. The number of amides is 4. The molecule has 0 radical (unpaired) electrons. The van der Waals surface area contributed by atoms with Crippen LogP contribution in [-0.2, 0) is 9.59 Å². The third kappa shape index (κ3) is 3.12. The van der Waals surface area contributed by atoms with Crippen LogP contribution >= 0.6 is 0 Å². The number of nitrogens with zero attached hydrogens (tertiary/aromatic N) is 4. The number of anilines is 1. The van der Waals surface area contributed by atoms with Crippen LogP contribution in [0.4, 0.5) is 10.5 Å². The maximum absolute atomic E-state index is 13.0. The zero-order valence-corrected chi connectivity index (χ0v) is 16.5. The second-order valence-electron chi connectivity index (χ2n) is 8.03. The molecule has 0 unspecified atom stereocenters. The summed E-state index contributed by atoms with van der Waals surface area (Å²) in [6.07, 6.45) is 4.41. The van der Waals surface area contributed by atoms with E-state index in [-0.39, 0.29) is 24.4 Å². The summed E-state index contributed by atoms with van der Waals surface area (Å²) in [5, 5.41) is 0. The molecule has 1 aromatic rings. The molecule has 0 bridgehead atoms. The smallest absolute Gasteiger partial charge is 0.327 e. The van der Waals surface area contributed by atoms with Crippen molar-refractivity contribution in [1.29, 1.82) is 0 Å². The van der Waals surface area contributed by atoms with E-state index in [1.54, 1.807) is 16.8 Å². The maximum atomic E-state index is 13.0. The van der Waals surface area contributed by atoms with Crippen molar-refractivity contribution >= 4 is 23.5 Å². The van der Waals surface area contributed by atoms with Crippen LogP contribution in [0.1, 0.15) is 32.1 Å². The van der Waals surface area contributed by atoms with Crippen molar-refractivity contribution in [1.82, 2.24) is 14.7 Å². The largest absolute Gasteiger partial charge is 0.368 e. The van der Waals surface area contributed by atoms with Gasteiger partial charge in [0.05, 0.1) is 0 Å². The van der Waals surface area contributed by atoms with Gasteiger partial charge < -0.3 is 14.7 Å². The van der Waals surface area contributed by atoms with E-state index >= 15 is 0 Å². The van der Waals surface area contributed by atoms with Gasteiger partial charge in [0, 0.05) is 38.9 Å². The Bertz CT molecular complexity index is 752. The Hall–Kier alpha value is -2.57. The summed E-state index contributed by atoms with van der Waals surface area (Å²) in [6, 6.07) is 9.81. The molecule has 1 aromatic carbocycles. The maximum Gasteiger partial charge on any atom is 0.327 e. The molecular weight excluding hydrogens is 356 g/mol. The summed E-state index contributed by atoms with van der Waals surface area (Å²) in [6.45, 7) is 2.56. The number of hydrogen-bond acceptors (Lipinski definition) is 4. The van der Waals surface area contributed by atoms with E-state index in [1.165, 1.54) is 4.90 Å². The van der Waals surface area contributed by atoms with Gasteiger partial charge in [0.25, 0.3) is 5.91 Å². The fourth-order valence-electron chi connectivity index (χ4n) is 4.76. The van der Waals surface area contributed by atoms with E-state index in [4.69, 9.17) is 0 Å². The van der Waals surface area contributed by atoms with Gasteiger partial charge in [-0.15, -0.1) is 0 Å². The zero-order chi connectivity index (χ0) is 19.7. The van der Waals surface area contributed by atoms with Crippen LogP contribution in [-0.4, -0.2) is 77.9 Å². The summed E-state index contributed by atoms with van der Waals surface area (Å²) in [5.74, 6) is -0.327. The summed E-state index contributed by atoms with van der Waals surface area (Å²) in [4.78, 5) is 45.3. The summed E-state index contributed by atoms with van der Waals surface area (Å²) in [7, 11) is 1.70. The summed E-state index contributed by atoms with van der Waals surface area (Å²) < 4.78 is 0. The minimum Gasteiger partial charge on any atom is -0.368 e. The van der Waals surface area contributed by atoms with Crippen LogP contribution in [0.3, 0.4) is 0 Å². The molecule has 7 heteroatoms. The van der Waals surface area contributed by atoms with Crippen LogP contribution in [0.5, 0.6) is 0 Å². The first-order chi connectivity index (χ1) is 13.5. The monoisotopic (exact) mass is 384 g/mol. The van der Waals surface area contributed by atoms with Gasteiger partial charge in [-0.3, -0.25) is 14.5 Å². The number of carbonyl (C=O) groups excluding carboxylic acids is 3. The lowest BCUT2D eigenvalue weighted by atomic mass is 9.81. The predicted octanol–water partition coefficient (Wildman–Crippen LogP) is 1.93. The van der Waals surface area contributed by atoms with E-state index in [1.807, 2.05) is 18.2 Å². The normalized spacial score (nSPS) is 22.3. The molecule has 28 heavy (non-hydrogen) atoms. The number of rotatable bonds is 3. The average molecular weight is 384 g/mol. The Morgan fingerprint density at radius 1 is 0.964 bits per heavy atom. The molecule has 7 nitrogen and oxygen atoms in total. The number of carbonyl (C=O) groups is 3. The van der Waals surface area contributed by atoms with E-state index in [0.29, 0.717) is 25.9 Å². The van der Waals surface area contributed by atoms with E-state index in [0.717, 1.165) is 38.0 Å². The van der Waals surface area contributed by atoms with Gasteiger partial charge >= 0.3 is 6.03 Å². The van der Waals surface area contributed by atoms with E-state index in [2.05, 4.69) is 17.0 Å². The number of likely N-dealkylation sites (N-methyl/N-ethyl adjacent to an activating group) is 1. The minimum absolute atomic E-state index is 0.143. The standard InChI is InChI=1S/C21H28N4O3/c1-22-20(28)25(19(27)21(22)10-6-3-7-11-21)16-18(26)24-14-12-23(13-15-24)17-8-4-2-5-9-17/h2,4-5,8-9H,3,6-7,10-16H2,1H3. The van der Waals surface area contributed by atoms with Gasteiger partial charge in [-0.2, -0.15) is 0 Å². The molecule has 2 aliphatic heterocycles. The molecule has 4 amide bonds. The van der Waals surface area contributed by atoms with Crippen LogP contribution in [0.2, 0.25) is 0 Å². The Kier molecular flexibility index (Phi) is 5.00. The van der Waals surface area contributed by atoms with Gasteiger partial charge in [-0.05, 0) is 25.0 Å². The molecule has 1 aliphatic carbocycles. The minimum atomic E-state index is -0.721. The van der Waals surface area contributed by atoms with Crippen LogP contribution in [0.15, 0.2) is 30.3 Å². The van der Waals surface area contributed by atoms with Crippen molar-refractivity contribution < 1.29 is 14.4 Å². The van der Waals surface area contributed by atoms with Crippen molar-refractivity contribution in [2.45, 2.75) is 37.6 Å². The number of benzene rings is 1. The molecule has 3 aliphatic rings. The van der Waals surface area contributed by atoms with Gasteiger partial charge in [0.1, 0.15) is 12.1 Å². The number of piperazine rings is 1. The number of imide groups is 1. The third-order valence-corrected chi connectivity index (χ3v) is 6.53. The average Bonchev–Trinajstić information content (AvgIpc) is 2.91. The van der Waals surface area contributed by atoms with Crippen LogP contribution < -0.4 is 4.90 Å². The lowest BCUT2D eigenvalue weighted by Gasteiger charge is -2.36. The van der Waals surface area contributed by atoms with Crippen LogP contribution in [0.25, 0.3) is 0 Å². The Morgan fingerprint density at radius 3 is 2.25 bits per heavy atom. The first-order valence-electron chi connectivity index (χ1n) is 10.2. The molecule has 0 atom stereocenters. The molecule has 4 rings (SSSR count). The molecule has 1 saturated carbocycles. The lowest BCUT2D eigenvalue weighted by molar-refractivity contribution is -0.140. The molecule has 2 heterocycles. The van der Waals surface area contributed by atoms with Gasteiger partial charge in [0.2, 0.25) is 5.91 Å². The third-order valence-electron chi connectivity index (χ3n) is 6.53. The first kappa shape index (κ1) is 18.8. The highest BCUT2D eigenvalue weighted by atomic mass is 16.2. The SMILES string of the molecule is CN1C(=O)N(CC(=O)N2CCN(c3ccccc3)CC2)C(=O)C12CCCCC2. The number of urea groups is 1. The molecule has 150 valence electrons. The number of hydrogen-bond donors (Lipinski definition) is 0. The van der Waals surface area contributed by atoms with Gasteiger partial charge in [-0.1, -0.05) is 37.5 Å². The molecule has 0 N–H and O–H groups in total. The molecule has 0 aromatic heterocycles. The van der Waals surface area contributed by atoms with E-state index < -0.39 is 5.54 Å². The highest BCUT2D eigenvalue weighted by molar-refractivity contribution is 6.09. The highest BCUT2D eigenvalue weighted by Crippen LogP contribution is 2.39. The van der Waals surface area contributed by atoms with E-state index in [9.17, 15) is 14.4 Å². The van der Waals surface area contributed by atoms with Gasteiger partial charge in [0.15, 0.2) is 0 Å². The molecule has 3 fully saturated rings. The number of para-hydroxylation sites is 1. The van der Waals surface area contributed by atoms with Crippen molar-refractivity contribution in [3.63, 3.8) is 0 Å². The summed E-state index contributed by atoms with van der Waals surface area (Å²) in [5.41, 5.74) is 0.432. The van der Waals surface area contributed by atoms with Crippen molar-refractivity contribution in [2.24, 2.45) is 0 Å². The molecule has 2 saturated heterocycles.